The predicted octanol–water partition coefficient (Wildman–Crippen LogP) is 2.14. The second kappa shape index (κ2) is 7.56. The van der Waals surface area contributed by atoms with E-state index in [4.69, 9.17) is 14.6 Å². The van der Waals surface area contributed by atoms with E-state index in [-0.39, 0.29) is 16.6 Å². The zero-order valence-electron chi connectivity index (χ0n) is 14.0. The Kier molecular flexibility index (Phi) is 5.40. The van der Waals surface area contributed by atoms with E-state index in [1.165, 1.54) is 17.8 Å². The molecule has 0 fully saturated rings. The number of sulfonamides is 1. The van der Waals surface area contributed by atoms with Gasteiger partial charge in [-0.1, -0.05) is 6.07 Å². The maximum atomic E-state index is 12.2. The quantitative estimate of drug-likeness (QED) is 0.753. The van der Waals surface area contributed by atoms with Gasteiger partial charge in [0.1, 0.15) is 13.2 Å². The van der Waals surface area contributed by atoms with E-state index in [9.17, 15) is 13.2 Å². The molecular weight excluding hydrogens is 376 g/mol. The van der Waals surface area contributed by atoms with E-state index in [2.05, 4.69) is 5.32 Å². The lowest BCUT2D eigenvalue weighted by atomic mass is 10.2. The van der Waals surface area contributed by atoms with E-state index in [1.54, 1.807) is 19.1 Å². The summed E-state index contributed by atoms with van der Waals surface area (Å²) >= 11 is 1.34. The molecule has 0 atom stereocenters. The highest BCUT2D eigenvalue weighted by Gasteiger charge is 2.14. The molecule has 0 aromatic heterocycles. The molecule has 1 amide bonds. The number of fused-ring (bicyclic) bond motifs is 1. The summed E-state index contributed by atoms with van der Waals surface area (Å²) in [5.41, 5.74) is 0.906. The summed E-state index contributed by atoms with van der Waals surface area (Å²) in [6.07, 6.45) is 0. The van der Waals surface area contributed by atoms with Gasteiger partial charge in [-0.05, 0) is 42.8 Å². The summed E-state index contributed by atoms with van der Waals surface area (Å²) in [6, 6.07) is 10.1. The van der Waals surface area contributed by atoms with Crippen LogP contribution in [0.25, 0.3) is 0 Å². The summed E-state index contributed by atoms with van der Waals surface area (Å²) < 4.78 is 34.1. The number of benzene rings is 2. The molecule has 1 aliphatic rings. The molecule has 0 saturated heterocycles. The number of carbonyl (C=O) groups excluding carboxylic acids is 1. The highest BCUT2D eigenvalue weighted by molar-refractivity contribution is 8.00. The number of nitrogens with two attached hydrogens (primary N) is 1. The number of ether oxygens (including phenoxy) is 2. The molecule has 3 N–H and O–H groups in total. The Balaban J connectivity index is 1.63. The first-order valence-electron chi connectivity index (χ1n) is 7.79. The van der Waals surface area contributed by atoms with Gasteiger partial charge < -0.3 is 14.8 Å². The van der Waals surface area contributed by atoms with Crippen LogP contribution in [-0.4, -0.2) is 33.3 Å². The highest BCUT2D eigenvalue weighted by Crippen LogP contribution is 2.34. The molecule has 1 aliphatic heterocycles. The molecule has 7 nitrogen and oxygen atoms in total. The zero-order chi connectivity index (χ0) is 18.7. The smallest absolute Gasteiger partial charge is 0.238 e. The van der Waals surface area contributed by atoms with Crippen LogP contribution in [0.3, 0.4) is 0 Å². The average Bonchev–Trinajstić information content (AvgIpc) is 2.60. The number of amides is 1. The maximum absolute atomic E-state index is 12.2. The van der Waals surface area contributed by atoms with E-state index in [0.29, 0.717) is 36.0 Å². The summed E-state index contributed by atoms with van der Waals surface area (Å²) in [5, 5.41) is 7.86. The molecule has 3 rings (SSSR count). The van der Waals surface area contributed by atoms with Gasteiger partial charge in [0.25, 0.3) is 0 Å². The van der Waals surface area contributed by atoms with Crippen molar-refractivity contribution >= 4 is 33.4 Å². The number of hydrogen-bond donors (Lipinski definition) is 2. The normalized spacial score (nSPS) is 13.3. The highest BCUT2D eigenvalue weighted by atomic mass is 32.2. The van der Waals surface area contributed by atoms with E-state index >= 15 is 0 Å². The Morgan fingerprint density at radius 3 is 2.62 bits per heavy atom. The molecule has 0 aliphatic carbocycles. The Bertz CT molecular complexity index is 944. The molecule has 0 bridgehead atoms. The van der Waals surface area contributed by atoms with Crippen molar-refractivity contribution in [3.8, 4) is 11.5 Å². The minimum Gasteiger partial charge on any atom is -0.486 e. The van der Waals surface area contributed by atoms with Crippen molar-refractivity contribution in [1.82, 2.24) is 0 Å². The van der Waals surface area contributed by atoms with Crippen molar-refractivity contribution in [3.63, 3.8) is 0 Å². The third-order valence-electron chi connectivity index (χ3n) is 3.66. The maximum Gasteiger partial charge on any atom is 0.238 e. The predicted molar refractivity (Wildman–Crippen MR) is 99.3 cm³/mol. The van der Waals surface area contributed by atoms with Crippen LogP contribution >= 0.6 is 11.8 Å². The standard InChI is InChI=1S/C17H18N2O5S2/c1-11-2-3-12(8-16(11)26(18,21)22)19-17(20)10-25-13-4-5-14-15(9-13)24-7-6-23-14/h2-5,8-9H,6-7,10H2,1H3,(H,19,20)(H2,18,21,22). The van der Waals surface area contributed by atoms with Crippen LogP contribution in [0.5, 0.6) is 11.5 Å². The number of nitrogens with one attached hydrogen (secondary N) is 1. The van der Waals surface area contributed by atoms with Crippen LogP contribution in [0.15, 0.2) is 46.2 Å². The topological polar surface area (TPSA) is 108 Å². The summed E-state index contributed by atoms with van der Waals surface area (Å²) in [4.78, 5) is 13.0. The van der Waals surface area contributed by atoms with Crippen LogP contribution in [0.2, 0.25) is 0 Å². The van der Waals surface area contributed by atoms with Crippen LogP contribution in [0.1, 0.15) is 5.56 Å². The second-order valence-electron chi connectivity index (χ2n) is 5.67. The lowest BCUT2D eigenvalue weighted by molar-refractivity contribution is -0.113. The zero-order valence-corrected chi connectivity index (χ0v) is 15.7. The number of aryl methyl sites for hydroxylation is 1. The van der Waals surface area contributed by atoms with E-state index in [0.717, 1.165) is 4.90 Å². The molecule has 2 aromatic carbocycles. The molecule has 0 unspecified atom stereocenters. The van der Waals surface area contributed by atoms with Crippen LogP contribution < -0.4 is 19.9 Å². The van der Waals surface area contributed by atoms with Crippen molar-refractivity contribution in [2.45, 2.75) is 16.7 Å². The Labute approximate surface area is 155 Å². The van der Waals surface area contributed by atoms with Gasteiger partial charge in [0.2, 0.25) is 15.9 Å². The molecule has 9 heteroatoms. The minimum atomic E-state index is -3.84. The van der Waals surface area contributed by atoms with Gasteiger partial charge in [0, 0.05) is 10.6 Å². The van der Waals surface area contributed by atoms with Gasteiger partial charge in [0.15, 0.2) is 11.5 Å². The summed E-state index contributed by atoms with van der Waals surface area (Å²) in [5.74, 6) is 1.27. The number of primary sulfonamides is 1. The minimum absolute atomic E-state index is 0.00482. The number of hydrogen-bond acceptors (Lipinski definition) is 6. The van der Waals surface area contributed by atoms with Gasteiger partial charge in [-0.15, -0.1) is 11.8 Å². The fourth-order valence-corrected chi connectivity index (χ4v) is 3.98. The lowest BCUT2D eigenvalue weighted by Crippen LogP contribution is -2.17. The molecular formula is C17H18N2O5S2. The van der Waals surface area contributed by atoms with Crippen molar-refractivity contribution < 1.29 is 22.7 Å². The Hall–Kier alpha value is -2.23. The monoisotopic (exact) mass is 394 g/mol. The Morgan fingerprint density at radius 2 is 1.88 bits per heavy atom. The molecule has 26 heavy (non-hydrogen) atoms. The van der Waals surface area contributed by atoms with Crippen molar-refractivity contribution in [3.05, 3.63) is 42.0 Å². The summed E-state index contributed by atoms with van der Waals surface area (Å²) in [7, 11) is -3.84. The third-order valence-corrected chi connectivity index (χ3v) is 5.71. The largest absolute Gasteiger partial charge is 0.486 e. The number of thioether (sulfide) groups is 1. The van der Waals surface area contributed by atoms with Crippen molar-refractivity contribution in [2.75, 3.05) is 24.3 Å². The van der Waals surface area contributed by atoms with Crippen molar-refractivity contribution in [1.29, 1.82) is 0 Å². The van der Waals surface area contributed by atoms with E-state index < -0.39 is 10.0 Å². The van der Waals surface area contributed by atoms with Crippen LogP contribution in [0.4, 0.5) is 5.69 Å². The van der Waals surface area contributed by atoms with E-state index in [1.807, 2.05) is 18.2 Å². The van der Waals surface area contributed by atoms with Crippen LogP contribution in [-0.2, 0) is 14.8 Å². The van der Waals surface area contributed by atoms with Gasteiger partial charge in [-0.3, -0.25) is 4.79 Å². The molecule has 2 aromatic rings. The van der Waals surface area contributed by atoms with Gasteiger partial charge in [0.05, 0.1) is 10.6 Å². The van der Waals surface area contributed by atoms with Gasteiger partial charge in [-0.2, -0.15) is 0 Å². The van der Waals surface area contributed by atoms with Gasteiger partial charge in [-0.25, -0.2) is 13.6 Å². The first-order chi connectivity index (χ1) is 12.3. The average molecular weight is 394 g/mol. The third kappa shape index (κ3) is 4.48. The first kappa shape index (κ1) is 18.6. The first-order valence-corrected chi connectivity index (χ1v) is 10.3. The molecule has 0 saturated carbocycles. The fraction of sp³-hybridized carbons (Fsp3) is 0.235. The van der Waals surface area contributed by atoms with Crippen LogP contribution in [0, 0.1) is 6.92 Å². The summed E-state index contributed by atoms with van der Waals surface area (Å²) in [6.45, 7) is 2.67. The van der Waals surface area contributed by atoms with Gasteiger partial charge >= 0.3 is 0 Å². The SMILES string of the molecule is Cc1ccc(NC(=O)CSc2ccc3c(c2)OCCO3)cc1S(N)(=O)=O. The number of anilines is 1. The molecule has 1 heterocycles. The number of rotatable bonds is 5. The second-order valence-corrected chi connectivity index (χ2v) is 8.25. The Morgan fingerprint density at radius 1 is 1.15 bits per heavy atom. The van der Waals surface area contributed by atoms with Crippen molar-refractivity contribution in [2.24, 2.45) is 5.14 Å². The number of carbonyl (C=O) groups is 1. The molecule has 0 spiro atoms. The molecule has 0 radical (unpaired) electrons. The fourth-order valence-electron chi connectivity index (χ4n) is 2.44. The lowest BCUT2D eigenvalue weighted by Gasteiger charge is -2.18. The molecule has 138 valence electrons.